The minimum atomic E-state index is -4.83. The van der Waals surface area contributed by atoms with Crippen LogP contribution in [0, 0.1) is 5.82 Å². The van der Waals surface area contributed by atoms with Crippen molar-refractivity contribution in [2.24, 2.45) is 0 Å². The standard InChI is InChI=1S/C14H8F4N2O/c15-10-6-5-8(21-14(16,17)18)7-9(10)13-19-11-3-1-2-4-12(11)20-13/h1-7H,(H,19,20). The van der Waals surface area contributed by atoms with Crippen LogP contribution in [-0.2, 0) is 0 Å². The van der Waals surface area contributed by atoms with E-state index in [1.165, 1.54) is 0 Å². The van der Waals surface area contributed by atoms with Crippen molar-refractivity contribution < 1.29 is 22.3 Å². The van der Waals surface area contributed by atoms with Crippen LogP contribution in [0.2, 0.25) is 0 Å². The lowest BCUT2D eigenvalue weighted by atomic mass is 10.2. The highest BCUT2D eigenvalue weighted by Gasteiger charge is 2.31. The van der Waals surface area contributed by atoms with Gasteiger partial charge in [-0.3, -0.25) is 0 Å². The Morgan fingerprint density at radius 3 is 2.52 bits per heavy atom. The Kier molecular flexibility index (Phi) is 3.04. The first-order valence-corrected chi connectivity index (χ1v) is 5.93. The molecule has 0 saturated carbocycles. The average molecular weight is 296 g/mol. The number of ether oxygens (including phenoxy) is 1. The number of hydrogen-bond donors (Lipinski definition) is 1. The summed E-state index contributed by atoms with van der Waals surface area (Å²) in [6.45, 7) is 0. The van der Waals surface area contributed by atoms with E-state index >= 15 is 0 Å². The Hall–Kier alpha value is -2.57. The Morgan fingerprint density at radius 1 is 1.05 bits per heavy atom. The van der Waals surface area contributed by atoms with Crippen molar-refractivity contribution >= 4 is 11.0 Å². The van der Waals surface area contributed by atoms with Gasteiger partial charge in [0.1, 0.15) is 17.4 Å². The number of para-hydroxylation sites is 2. The number of nitrogens with one attached hydrogen (secondary N) is 1. The number of imidazole rings is 1. The molecule has 0 amide bonds. The summed E-state index contributed by atoms with van der Waals surface area (Å²) in [4.78, 5) is 7.00. The third-order valence-electron chi connectivity index (χ3n) is 2.82. The molecule has 0 aliphatic heterocycles. The van der Waals surface area contributed by atoms with Gasteiger partial charge in [-0.05, 0) is 30.3 Å². The Balaban J connectivity index is 2.06. The van der Waals surface area contributed by atoms with Crippen LogP contribution < -0.4 is 4.74 Å². The van der Waals surface area contributed by atoms with Crippen molar-refractivity contribution in [1.29, 1.82) is 0 Å². The van der Waals surface area contributed by atoms with Gasteiger partial charge in [0, 0.05) is 0 Å². The maximum Gasteiger partial charge on any atom is 0.573 e. The number of benzene rings is 2. The monoisotopic (exact) mass is 296 g/mol. The lowest BCUT2D eigenvalue weighted by Gasteiger charge is -2.09. The van der Waals surface area contributed by atoms with E-state index in [1.54, 1.807) is 24.3 Å². The fraction of sp³-hybridized carbons (Fsp3) is 0.0714. The number of alkyl halides is 3. The summed E-state index contributed by atoms with van der Waals surface area (Å²) in [7, 11) is 0. The van der Waals surface area contributed by atoms with Gasteiger partial charge in [0.25, 0.3) is 0 Å². The van der Waals surface area contributed by atoms with Gasteiger partial charge in [0.15, 0.2) is 0 Å². The van der Waals surface area contributed by atoms with Gasteiger partial charge in [-0.25, -0.2) is 9.37 Å². The smallest absolute Gasteiger partial charge is 0.406 e. The molecule has 1 N–H and O–H groups in total. The summed E-state index contributed by atoms with van der Waals surface area (Å²) in [6, 6.07) is 9.75. The summed E-state index contributed by atoms with van der Waals surface area (Å²) in [5, 5.41) is 0. The molecule has 21 heavy (non-hydrogen) atoms. The first kappa shape index (κ1) is 13.4. The fourth-order valence-corrected chi connectivity index (χ4v) is 1.96. The summed E-state index contributed by atoms with van der Waals surface area (Å²) < 4.78 is 54.2. The van der Waals surface area contributed by atoms with E-state index in [0.29, 0.717) is 11.0 Å². The molecule has 1 heterocycles. The number of aromatic nitrogens is 2. The Morgan fingerprint density at radius 2 is 1.81 bits per heavy atom. The number of halogens is 4. The molecule has 0 spiro atoms. The topological polar surface area (TPSA) is 37.9 Å². The van der Waals surface area contributed by atoms with Crippen molar-refractivity contribution in [2.45, 2.75) is 6.36 Å². The summed E-state index contributed by atoms with van der Waals surface area (Å²) in [5.41, 5.74) is 1.16. The molecule has 0 radical (unpaired) electrons. The van der Waals surface area contributed by atoms with E-state index in [0.717, 1.165) is 18.2 Å². The summed E-state index contributed by atoms with van der Waals surface area (Å²) in [5.74, 6) is -1.05. The molecule has 3 aromatic rings. The molecular formula is C14H8F4N2O. The first-order chi connectivity index (χ1) is 9.92. The second-order valence-electron chi connectivity index (χ2n) is 4.29. The van der Waals surface area contributed by atoms with Crippen molar-refractivity contribution in [3.05, 3.63) is 48.3 Å². The summed E-state index contributed by atoms with van der Waals surface area (Å²) in [6.07, 6.45) is -4.83. The Labute approximate surface area is 116 Å². The zero-order valence-corrected chi connectivity index (χ0v) is 10.4. The molecule has 7 heteroatoms. The molecule has 3 rings (SSSR count). The van der Waals surface area contributed by atoms with Crippen LogP contribution in [0.5, 0.6) is 5.75 Å². The molecule has 0 aliphatic rings. The van der Waals surface area contributed by atoms with E-state index in [-0.39, 0.29) is 11.4 Å². The van der Waals surface area contributed by atoms with Crippen molar-refractivity contribution in [3.8, 4) is 17.1 Å². The van der Waals surface area contributed by atoms with Crippen LogP contribution in [0.25, 0.3) is 22.4 Å². The van der Waals surface area contributed by atoms with E-state index in [2.05, 4.69) is 14.7 Å². The number of aromatic amines is 1. The normalized spacial score (nSPS) is 11.8. The second kappa shape index (κ2) is 4.76. The Bertz CT molecular complexity index is 762. The molecule has 0 fully saturated rings. The zero-order valence-electron chi connectivity index (χ0n) is 10.4. The number of fused-ring (bicyclic) bond motifs is 1. The maximum absolute atomic E-state index is 13.8. The molecular weight excluding hydrogens is 288 g/mol. The minimum absolute atomic E-state index is 0.0899. The highest BCUT2D eigenvalue weighted by Crippen LogP contribution is 2.29. The minimum Gasteiger partial charge on any atom is -0.406 e. The highest BCUT2D eigenvalue weighted by atomic mass is 19.4. The third kappa shape index (κ3) is 2.81. The molecule has 108 valence electrons. The van der Waals surface area contributed by atoms with Crippen molar-refractivity contribution in [2.75, 3.05) is 0 Å². The van der Waals surface area contributed by atoms with E-state index in [4.69, 9.17) is 0 Å². The predicted molar refractivity (Wildman–Crippen MR) is 68.2 cm³/mol. The number of nitrogens with zero attached hydrogens (tertiary/aromatic N) is 1. The van der Waals surface area contributed by atoms with Crippen molar-refractivity contribution in [1.82, 2.24) is 9.97 Å². The maximum atomic E-state index is 13.8. The van der Waals surface area contributed by atoms with E-state index in [9.17, 15) is 17.6 Å². The molecule has 0 saturated heterocycles. The van der Waals surface area contributed by atoms with E-state index < -0.39 is 17.9 Å². The van der Waals surface area contributed by atoms with Crippen molar-refractivity contribution in [3.63, 3.8) is 0 Å². The average Bonchev–Trinajstić information content (AvgIpc) is 2.83. The third-order valence-corrected chi connectivity index (χ3v) is 2.82. The van der Waals surface area contributed by atoms with Crippen LogP contribution in [0.15, 0.2) is 42.5 Å². The second-order valence-corrected chi connectivity index (χ2v) is 4.29. The number of H-pyrrole nitrogens is 1. The molecule has 1 aromatic heterocycles. The van der Waals surface area contributed by atoms with Crippen LogP contribution >= 0.6 is 0 Å². The largest absolute Gasteiger partial charge is 0.573 e. The van der Waals surface area contributed by atoms with Gasteiger partial charge in [-0.15, -0.1) is 13.2 Å². The first-order valence-electron chi connectivity index (χ1n) is 5.93. The van der Waals surface area contributed by atoms with Gasteiger partial charge in [0.2, 0.25) is 0 Å². The fourth-order valence-electron chi connectivity index (χ4n) is 1.96. The predicted octanol–water partition coefficient (Wildman–Crippen LogP) is 4.27. The molecule has 0 aliphatic carbocycles. The highest BCUT2D eigenvalue weighted by molar-refractivity contribution is 5.79. The van der Waals surface area contributed by atoms with Gasteiger partial charge in [-0.2, -0.15) is 0 Å². The van der Waals surface area contributed by atoms with Gasteiger partial charge in [-0.1, -0.05) is 12.1 Å². The number of rotatable bonds is 2. The van der Waals surface area contributed by atoms with Crippen LogP contribution in [0.4, 0.5) is 17.6 Å². The molecule has 0 unspecified atom stereocenters. The van der Waals surface area contributed by atoms with Crippen LogP contribution in [-0.4, -0.2) is 16.3 Å². The van der Waals surface area contributed by atoms with Gasteiger partial charge in [0.05, 0.1) is 16.6 Å². The van der Waals surface area contributed by atoms with E-state index in [1.807, 2.05) is 0 Å². The lowest BCUT2D eigenvalue weighted by Crippen LogP contribution is -2.17. The SMILES string of the molecule is Fc1ccc(OC(F)(F)F)cc1-c1nc2ccccc2[nH]1. The van der Waals surface area contributed by atoms with Crippen LogP contribution in [0.1, 0.15) is 0 Å². The lowest BCUT2D eigenvalue weighted by molar-refractivity contribution is -0.274. The molecule has 0 atom stereocenters. The van der Waals surface area contributed by atoms with Gasteiger partial charge < -0.3 is 9.72 Å². The molecule has 3 nitrogen and oxygen atoms in total. The zero-order chi connectivity index (χ0) is 15.0. The molecule has 2 aromatic carbocycles. The molecule has 0 bridgehead atoms. The summed E-state index contributed by atoms with van der Waals surface area (Å²) >= 11 is 0. The number of hydrogen-bond acceptors (Lipinski definition) is 2. The van der Waals surface area contributed by atoms with Crippen LogP contribution in [0.3, 0.4) is 0 Å². The quantitative estimate of drug-likeness (QED) is 0.717. The van der Waals surface area contributed by atoms with Gasteiger partial charge >= 0.3 is 6.36 Å².